The van der Waals surface area contributed by atoms with E-state index >= 15 is 0 Å². The normalized spacial score (nSPS) is 14.8. The van der Waals surface area contributed by atoms with Gasteiger partial charge in [-0.1, -0.05) is 0 Å². The predicted octanol–water partition coefficient (Wildman–Crippen LogP) is 1.10. The van der Waals surface area contributed by atoms with Crippen molar-refractivity contribution in [3.63, 3.8) is 0 Å². The van der Waals surface area contributed by atoms with Crippen LogP contribution in [0.15, 0.2) is 0 Å². The molecule has 0 aromatic heterocycles. The van der Waals surface area contributed by atoms with Crippen molar-refractivity contribution >= 4 is 93.7 Å². The molecular formula is C62H97NaO33S. The predicted molar refractivity (Wildman–Crippen MR) is 324 cm³/mol. The molecule has 35 heteroatoms. The van der Waals surface area contributed by atoms with Gasteiger partial charge in [-0.25, -0.2) is 8.42 Å². The average molecular weight is 1430 g/mol. The molecule has 550 valence electrons. The Bertz CT molecular complexity index is 2690. The van der Waals surface area contributed by atoms with Gasteiger partial charge in [-0.2, -0.15) is 0 Å². The van der Waals surface area contributed by atoms with Crippen LogP contribution in [-0.2, 0) is 153 Å². The first kappa shape index (κ1) is 92.5. The Morgan fingerprint density at radius 2 is 0.536 bits per heavy atom. The van der Waals surface area contributed by atoms with Crippen molar-refractivity contribution in [1.29, 1.82) is 0 Å². The summed E-state index contributed by atoms with van der Waals surface area (Å²) in [6, 6.07) is 0. The minimum atomic E-state index is -5.56. The maximum atomic E-state index is 13.1. The topological polar surface area (TPSA) is 444 Å². The van der Waals surface area contributed by atoms with E-state index in [0.717, 1.165) is 69.2 Å². The first-order valence-corrected chi connectivity index (χ1v) is 32.3. The molecule has 11 atom stereocenters. The zero-order chi connectivity index (χ0) is 73.7. The second-order valence-corrected chi connectivity index (χ2v) is 25.2. The van der Waals surface area contributed by atoms with Crippen LogP contribution >= 0.6 is 0 Å². The van der Waals surface area contributed by atoms with Crippen molar-refractivity contribution < 1.29 is 185 Å². The number of rotatable bonds is 48. The molecule has 0 radical (unpaired) electrons. The van der Waals surface area contributed by atoms with Crippen LogP contribution in [0.4, 0.5) is 0 Å². The second kappa shape index (κ2) is 47.4. The van der Waals surface area contributed by atoms with Gasteiger partial charge >= 0.3 is 113 Å². The Morgan fingerprint density at radius 1 is 0.309 bits per heavy atom. The van der Waals surface area contributed by atoms with Crippen LogP contribution in [-0.4, -0.2) is 214 Å². The summed E-state index contributed by atoms with van der Waals surface area (Å²) in [5.74, 6) is -11.6. The molecule has 0 rings (SSSR count). The maximum Gasteiger partial charge on any atom is 1.00 e. The zero-order valence-electron chi connectivity index (χ0n) is 58.7. The molecule has 0 amide bonds. The number of hydrogen-bond donors (Lipinski definition) is 0. The van der Waals surface area contributed by atoms with Gasteiger partial charge in [0, 0.05) is 160 Å². The van der Waals surface area contributed by atoms with Gasteiger partial charge in [0.05, 0.1) is 44.1 Å². The summed E-state index contributed by atoms with van der Waals surface area (Å²) in [5.41, 5.74) is -2.51. The molecule has 0 aliphatic carbocycles. The molecule has 0 bridgehead atoms. The maximum absolute atomic E-state index is 13.1. The van der Waals surface area contributed by atoms with E-state index in [9.17, 15) is 80.1 Å². The molecule has 0 saturated heterocycles. The molecule has 11 unspecified atom stereocenters. The Labute approximate surface area is 587 Å². The van der Waals surface area contributed by atoms with Crippen LogP contribution < -0.4 is 29.6 Å². The van der Waals surface area contributed by atoms with Crippen molar-refractivity contribution in [1.82, 2.24) is 0 Å². The SMILES string of the molecule is CC(=O)OCCC(CC(CC(CC(CC(CC(C)(C)OCCOC(=O)CC(C(=O)OCCOC(C)(C)CC(CC(CC(CC(CC(CCOC(C)=O)OC(C)=O)OC(C)=O)OC(C)=O)OC(C)=O)OC(C)=O)S(=O)(=O)[O-])OC(C)=O)OC(C)=O)OC(C)=O)OC(C)=O)OC(C)=O.[Na+]. The van der Waals surface area contributed by atoms with E-state index in [0.29, 0.717) is 0 Å². The number of hydrogen-bond acceptors (Lipinski definition) is 33. The van der Waals surface area contributed by atoms with E-state index in [1.165, 1.54) is 27.7 Å². The smallest absolute Gasteiger partial charge is 0.747 e. The number of carbonyl (C=O) groups is 14. The van der Waals surface area contributed by atoms with Crippen LogP contribution in [0.1, 0.15) is 194 Å². The summed E-state index contributed by atoms with van der Waals surface area (Å²) in [6.45, 7) is 17.4. The first-order chi connectivity index (χ1) is 44.3. The second-order valence-electron chi connectivity index (χ2n) is 23.7. The molecular weight excluding hydrogens is 1330 g/mol. The number of ether oxygens (including phenoxy) is 16. The molecule has 0 heterocycles. The summed E-state index contributed by atoms with van der Waals surface area (Å²) < 4.78 is 124. The molecule has 0 aliphatic rings. The van der Waals surface area contributed by atoms with Gasteiger partial charge in [0.1, 0.15) is 84.4 Å². The summed E-state index contributed by atoms with van der Waals surface area (Å²) in [4.78, 5) is 172. The third kappa shape index (κ3) is 49.6. The Kier molecular flexibility index (Phi) is 45.2. The van der Waals surface area contributed by atoms with Crippen molar-refractivity contribution in [3.8, 4) is 0 Å². The first-order valence-electron chi connectivity index (χ1n) is 30.9. The third-order valence-corrected chi connectivity index (χ3v) is 14.1. The van der Waals surface area contributed by atoms with Crippen molar-refractivity contribution in [2.24, 2.45) is 0 Å². The van der Waals surface area contributed by atoms with Crippen LogP contribution in [0.5, 0.6) is 0 Å². The minimum absolute atomic E-state index is 0. The Balaban J connectivity index is 0. The van der Waals surface area contributed by atoms with Gasteiger partial charge in [0.2, 0.25) is 0 Å². The molecule has 0 aromatic rings. The largest absolute Gasteiger partial charge is 1.00 e. The Morgan fingerprint density at radius 3 is 0.784 bits per heavy atom. The fourth-order valence-electron chi connectivity index (χ4n) is 10.1. The van der Waals surface area contributed by atoms with Gasteiger partial charge in [0.15, 0.2) is 5.25 Å². The van der Waals surface area contributed by atoms with E-state index in [-0.39, 0.29) is 126 Å². The van der Waals surface area contributed by atoms with Crippen LogP contribution in [0.25, 0.3) is 0 Å². The summed E-state index contributed by atoms with van der Waals surface area (Å²) in [7, 11) is -5.56. The van der Waals surface area contributed by atoms with E-state index in [1.807, 2.05) is 0 Å². The molecule has 0 N–H and O–H groups in total. The van der Waals surface area contributed by atoms with Crippen molar-refractivity contribution in [2.75, 3.05) is 39.6 Å². The Hall–Kier alpha value is -6.59. The summed E-state index contributed by atoms with van der Waals surface area (Å²) in [6.07, 6.45) is -13.7. The van der Waals surface area contributed by atoms with E-state index < -0.39 is 197 Å². The molecule has 97 heavy (non-hydrogen) atoms. The third-order valence-electron chi connectivity index (χ3n) is 13.1. The van der Waals surface area contributed by atoms with Gasteiger partial charge in [-0.15, -0.1) is 0 Å². The summed E-state index contributed by atoms with van der Waals surface area (Å²) in [5, 5.41) is -2.58. The van der Waals surface area contributed by atoms with Gasteiger partial charge in [-0.05, 0) is 27.7 Å². The number of carbonyl (C=O) groups excluding carboxylic acids is 14. The fourth-order valence-corrected chi connectivity index (χ4v) is 10.7. The van der Waals surface area contributed by atoms with Crippen molar-refractivity contribution in [2.45, 2.75) is 272 Å². The number of esters is 14. The molecule has 33 nitrogen and oxygen atoms in total. The fraction of sp³-hybridized carbons (Fsp3) is 0.774. The molecule has 0 spiro atoms. The van der Waals surface area contributed by atoms with E-state index in [1.54, 1.807) is 13.8 Å². The minimum Gasteiger partial charge on any atom is -0.747 e. The summed E-state index contributed by atoms with van der Waals surface area (Å²) >= 11 is 0. The van der Waals surface area contributed by atoms with Crippen molar-refractivity contribution in [3.05, 3.63) is 0 Å². The van der Waals surface area contributed by atoms with Gasteiger partial charge in [-0.3, -0.25) is 67.1 Å². The average Bonchev–Trinajstić information content (AvgIpc) is 0.951. The zero-order valence-corrected chi connectivity index (χ0v) is 61.5. The monoisotopic (exact) mass is 1420 g/mol. The van der Waals surface area contributed by atoms with Crippen LogP contribution in [0.2, 0.25) is 0 Å². The molecule has 0 aliphatic heterocycles. The van der Waals surface area contributed by atoms with Crippen LogP contribution in [0, 0.1) is 0 Å². The molecule has 0 aromatic carbocycles. The van der Waals surface area contributed by atoms with Gasteiger partial charge in [0.25, 0.3) is 0 Å². The van der Waals surface area contributed by atoms with Gasteiger partial charge < -0.3 is 80.3 Å². The van der Waals surface area contributed by atoms with E-state index in [4.69, 9.17) is 75.8 Å². The van der Waals surface area contributed by atoms with E-state index in [2.05, 4.69) is 0 Å². The standard InChI is InChI=1S/C62H98O33S.Na/c1-36(63)80-19-17-48(86-38(3)65)25-50(88-40(5)67)27-52(90-42(7)69)29-54(92-44(9)71)31-56(94-46(11)73)34-61(13,14)84-23-21-82-59(75)33-58(96(77,78)79)60(76)83-22-24-85-62(15,16)35-57(95-47(12)74)32-55(93-45(10)72)30-53(91-43(8)70)28-51(89-41(6)68)26-49(87-39(4)66)18-20-81-37(2)64;/h48-58H,17-35H2,1-16H3,(H,77,78,79);/q;+1/p-1. The quantitative estimate of drug-likeness (QED) is 0.0270. The van der Waals surface area contributed by atoms with Crippen LogP contribution in [0.3, 0.4) is 0 Å². The molecule has 0 saturated carbocycles. The molecule has 0 fully saturated rings.